The number of likely N-dealkylation sites (tertiary alicyclic amines) is 1. The standard InChI is InChI=1S/C36H38N4O4/c1-36(2,3)44-35(41)40-21-20-27(22-40)28-16-11-17-29-32(38-39(4)33(28)29)30-18-19-31(42-23-25-12-7-5-8-13-25)37-34(30)43-24-26-14-9-6-10-15-26/h5-19,27H,20-24H2,1-4H3/t27-/m0/s1. The SMILES string of the molecule is Cn1nc(-c2ccc(OCc3ccccc3)nc2OCc2ccccc2)c2cccc([C@H]3CCN(C(=O)OC(C)(C)C)C3)c21. The van der Waals surface area contributed by atoms with Gasteiger partial charge in [-0.05, 0) is 49.9 Å². The van der Waals surface area contributed by atoms with Crippen molar-refractivity contribution in [1.82, 2.24) is 19.7 Å². The van der Waals surface area contributed by atoms with Crippen LogP contribution in [0.4, 0.5) is 4.79 Å². The number of pyridine rings is 1. The number of ether oxygens (including phenoxy) is 3. The summed E-state index contributed by atoms with van der Waals surface area (Å²) in [6.07, 6.45) is 0.595. The Morgan fingerprint density at radius 2 is 1.55 bits per heavy atom. The zero-order valence-corrected chi connectivity index (χ0v) is 25.7. The molecular formula is C36H38N4O4. The molecule has 1 saturated heterocycles. The Kier molecular flexibility index (Phi) is 8.24. The molecule has 8 nitrogen and oxygen atoms in total. The highest BCUT2D eigenvalue weighted by Gasteiger charge is 2.32. The fourth-order valence-electron chi connectivity index (χ4n) is 5.65. The average molecular weight is 591 g/mol. The Hall–Kier alpha value is -4.85. The number of carbonyl (C=O) groups is 1. The maximum atomic E-state index is 12.8. The van der Waals surface area contributed by atoms with Gasteiger partial charge in [-0.2, -0.15) is 10.1 Å². The van der Waals surface area contributed by atoms with Crippen LogP contribution >= 0.6 is 0 Å². The average Bonchev–Trinajstić information content (AvgIpc) is 3.65. The van der Waals surface area contributed by atoms with Gasteiger partial charge in [-0.3, -0.25) is 4.68 Å². The second-order valence-electron chi connectivity index (χ2n) is 12.2. The first kappa shape index (κ1) is 29.2. The highest BCUT2D eigenvalue weighted by molar-refractivity contribution is 5.96. The van der Waals surface area contributed by atoms with Crippen LogP contribution in [0.15, 0.2) is 91.0 Å². The van der Waals surface area contributed by atoms with Crippen LogP contribution < -0.4 is 9.47 Å². The monoisotopic (exact) mass is 590 g/mol. The molecule has 2 aromatic heterocycles. The van der Waals surface area contributed by atoms with Crippen LogP contribution in [0.25, 0.3) is 22.2 Å². The Bertz CT molecular complexity index is 1750. The molecule has 3 heterocycles. The fourth-order valence-corrected chi connectivity index (χ4v) is 5.65. The lowest BCUT2D eigenvalue weighted by Gasteiger charge is -2.24. The maximum Gasteiger partial charge on any atom is 0.410 e. The number of fused-ring (bicyclic) bond motifs is 1. The third-order valence-corrected chi connectivity index (χ3v) is 7.71. The van der Waals surface area contributed by atoms with Crippen LogP contribution in [0.5, 0.6) is 11.8 Å². The molecule has 0 bridgehead atoms. The summed E-state index contributed by atoms with van der Waals surface area (Å²) in [5.41, 5.74) is 5.36. The lowest BCUT2D eigenvalue weighted by Crippen LogP contribution is -2.35. The van der Waals surface area contributed by atoms with Crippen LogP contribution in [0.2, 0.25) is 0 Å². The first-order valence-corrected chi connectivity index (χ1v) is 15.0. The van der Waals surface area contributed by atoms with Gasteiger partial charge in [0.25, 0.3) is 0 Å². The maximum absolute atomic E-state index is 12.8. The van der Waals surface area contributed by atoms with Crippen molar-refractivity contribution in [3.05, 3.63) is 108 Å². The first-order valence-electron chi connectivity index (χ1n) is 15.0. The zero-order chi connectivity index (χ0) is 30.7. The highest BCUT2D eigenvalue weighted by Crippen LogP contribution is 2.39. The molecule has 6 rings (SSSR count). The Balaban J connectivity index is 1.32. The van der Waals surface area contributed by atoms with Crippen LogP contribution in [0, 0.1) is 0 Å². The number of nitrogens with zero attached hydrogens (tertiary/aromatic N) is 4. The third-order valence-electron chi connectivity index (χ3n) is 7.71. The van der Waals surface area contributed by atoms with Gasteiger partial charge in [-0.15, -0.1) is 0 Å². The minimum Gasteiger partial charge on any atom is -0.473 e. The normalized spacial score (nSPS) is 15.0. The summed E-state index contributed by atoms with van der Waals surface area (Å²) < 4.78 is 20.0. The number of rotatable bonds is 8. The van der Waals surface area contributed by atoms with E-state index in [1.54, 1.807) is 4.90 Å². The van der Waals surface area contributed by atoms with Gasteiger partial charge in [0.1, 0.15) is 24.5 Å². The molecule has 3 aromatic carbocycles. The topological polar surface area (TPSA) is 78.7 Å². The van der Waals surface area contributed by atoms with E-state index in [1.165, 1.54) is 0 Å². The van der Waals surface area contributed by atoms with E-state index < -0.39 is 5.60 Å². The lowest BCUT2D eigenvalue weighted by atomic mass is 9.95. The number of hydrogen-bond acceptors (Lipinski definition) is 6. The summed E-state index contributed by atoms with van der Waals surface area (Å²) in [4.78, 5) is 19.4. The van der Waals surface area contributed by atoms with E-state index in [2.05, 4.69) is 18.2 Å². The molecular weight excluding hydrogens is 552 g/mol. The molecule has 0 N–H and O–H groups in total. The number of carbonyl (C=O) groups excluding carboxylic acids is 1. The van der Waals surface area contributed by atoms with Crippen molar-refractivity contribution < 1.29 is 19.0 Å². The molecule has 5 aromatic rings. The molecule has 1 aliphatic heterocycles. The molecule has 1 aliphatic rings. The molecule has 0 radical (unpaired) electrons. The molecule has 0 saturated carbocycles. The molecule has 0 unspecified atom stereocenters. The van der Waals surface area contributed by atoms with Crippen molar-refractivity contribution >= 4 is 17.0 Å². The van der Waals surface area contributed by atoms with Gasteiger partial charge < -0.3 is 19.1 Å². The number of aromatic nitrogens is 3. The summed E-state index contributed by atoms with van der Waals surface area (Å²) in [5.74, 6) is 1.12. The van der Waals surface area contributed by atoms with Gasteiger partial charge in [-0.25, -0.2) is 4.79 Å². The van der Waals surface area contributed by atoms with Gasteiger partial charge in [0.05, 0.1) is 11.1 Å². The molecule has 44 heavy (non-hydrogen) atoms. The predicted octanol–water partition coefficient (Wildman–Crippen LogP) is 7.52. The van der Waals surface area contributed by atoms with Gasteiger partial charge in [-0.1, -0.05) is 78.9 Å². The van der Waals surface area contributed by atoms with Crippen LogP contribution in [-0.2, 0) is 25.0 Å². The number of aryl methyl sites for hydroxylation is 1. The minimum absolute atomic E-state index is 0.176. The van der Waals surface area contributed by atoms with Crippen LogP contribution in [-0.4, -0.2) is 44.4 Å². The smallest absolute Gasteiger partial charge is 0.410 e. The molecule has 0 aliphatic carbocycles. The molecule has 8 heteroatoms. The van der Waals surface area contributed by atoms with Crippen LogP contribution in [0.3, 0.4) is 0 Å². The number of para-hydroxylation sites is 1. The minimum atomic E-state index is -0.525. The number of benzene rings is 3. The van der Waals surface area contributed by atoms with Crippen molar-refractivity contribution in [1.29, 1.82) is 0 Å². The summed E-state index contributed by atoms with van der Waals surface area (Å²) in [6, 6.07) is 30.2. The highest BCUT2D eigenvalue weighted by atomic mass is 16.6. The second-order valence-corrected chi connectivity index (χ2v) is 12.2. The van der Waals surface area contributed by atoms with Crippen molar-refractivity contribution in [3.8, 4) is 23.0 Å². The van der Waals surface area contributed by atoms with Gasteiger partial charge in [0.15, 0.2) is 0 Å². The van der Waals surface area contributed by atoms with E-state index in [-0.39, 0.29) is 12.0 Å². The lowest BCUT2D eigenvalue weighted by molar-refractivity contribution is 0.0292. The zero-order valence-electron chi connectivity index (χ0n) is 25.7. The van der Waals surface area contributed by atoms with Gasteiger partial charge in [0.2, 0.25) is 11.8 Å². The van der Waals surface area contributed by atoms with E-state index in [4.69, 9.17) is 24.3 Å². The van der Waals surface area contributed by atoms with Crippen molar-refractivity contribution in [2.45, 2.75) is 51.9 Å². The van der Waals surface area contributed by atoms with Crippen molar-refractivity contribution in [3.63, 3.8) is 0 Å². The quantitative estimate of drug-likeness (QED) is 0.186. The number of hydrogen-bond donors (Lipinski definition) is 0. The molecule has 1 fully saturated rings. The predicted molar refractivity (Wildman–Crippen MR) is 171 cm³/mol. The number of amides is 1. The van der Waals surface area contributed by atoms with Crippen LogP contribution in [0.1, 0.15) is 49.8 Å². The Morgan fingerprint density at radius 1 is 0.864 bits per heavy atom. The first-order chi connectivity index (χ1) is 21.2. The largest absolute Gasteiger partial charge is 0.473 e. The molecule has 1 atom stereocenters. The second kappa shape index (κ2) is 12.4. The van der Waals surface area contributed by atoms with E-state index in [0.29, 0.717) is 38.1 Å². The van der Waals surface area contributed by atoms with E-state index in [0.717, 1.165) is 45.3 Å². The summed E-state index contributed by atoms with van der Waals surface area (Å²) >= 11 is 0. The van der Waals surface area contributed by atoms with Crippen molar-refractivity contribution in [2.75, 3.05) is 13.1 Å². The molecule has 226 valence electrons. The van der Waals surface area contributed by atoms with Gasteiger partial charge in [0, 0.05) is 37.5 Å². The molecule has 0 spiro atoms. The summed E-state index contributed by atoms with van der Waals surface area (Å²) in [7, 11) is 1.96. The summed E-state index contributed by atoms with van der Waals surface area (Å²) in [6.45, 7) is 7.72. The Morgan fingerprint density at radius 3 is 2.23 bits per heavy atom. The summed E-state index contributed by atoms with van der Waals surface area (Å²) in [5, 5.41) is 5.99. The van der Waals surface area contributed by atoms with E-state index in [9.17, 15) is 4.79 Å². The fraction of sp³-hybridized carbons (Fsp3) is 0.306. The van der Waals surface area contributed by atoms with Crippen molar-refractivity contribution in [2.24, 2.45) is 7.05 Å². The third kappa shape index (κ3) is 6.54. The molecule has 1 amide bonds. The van der Waals surface area contributed by atoms with E-state index in [1.807, 2.05) is 105 Å². The Labute approximate surface area is 258 Å². The van der Waals surface area contributed by atoms with E-state index >= 15 is 0 Å². The van der Waals surface area contributed by atoms with Gasteiger partial charge >= 0.3 is 6.09 Å².